The summed E-state index contributed by atoms with van der Waals surface area (Å²) in [5.41, 5.74) is 1.47. The van der Waals surface area contributed by atoms with E-state index in [-0.39, 0.29) is 18.7 Å². The smallest absolute Gasteiger partial charge is 0.241 e. The van der Waals surface area contributed by atoms with E-state index >= 15 is 0 Å². The standard InChI is InChI=1S/C20H21F2N3O2S/c1-20(2,3)28(26)25-19(16-8-5-10-24-17(16)13-23)14-6-4-7-15(12-14)27-11-9-18(21)22/h4-8,10,12,18H,9,11H2,1-3H3/b25-19-. The molecule has 2 aromatic rings. The molecule has 0 fully saturated rings. The van der Waals surface area contributed by atoms with Gasteiger partial charge in [0.1, 0.15) is 39.3 Å². The van der Waals surface area contributed by atoms with Gasteiger partial charge in [-0.2, -0.15) is 5.26 Å². The summed E-state index contributed by atoms with van der Waals surface area (Å²) >= 11 is -1.59. The van der Waals surface area contributed by atoms with Gasteiger partial charge in [0.25, 0.3) is 0 Å². The minimum absolute atomic E-state index is 0.127. The first-order valence-electron chi connectivity index (χ1n) is 8.60. The topological polar surface area (TPSA) is 81.3 Å². The van der Waals surface area contributed by atoms with Gasteiger partial charge in [-0.05, 0) is 45.0 Å². The average molecular weight is 405 g/mol. The molecule has 0 aliphatic carbocycles. The minimum atomic E-state index is -2.44. The van der Waals surface area contributed by atoms with E-state index in [1.165, 1.54) is 6.20 Å². The molecule has 0 aliphatic rings. The summed E-state index contributed by atoms with van der Waals surface area (Å²) in [7, 11) is 0. The molecule has 0 saturated carbocycles. The number of alkyl halides is 2. The van der Waals surface area contributed by atoms with Crippen LogP contribution >= 0.6 is 0 Å². The molecule has 0 saturated heterocycles. The Kier molecular flexibility index (Phi) is 7.49. The highest BCUT2D eigenvalue weighted by atomic mass is 32.2. The van der Waals surface area contributed by atoms with Gasteiger partial charge < -0.3 is 9.29 Å². The predicted octanol–water partition coefficient (Wildman–Crippen LogP) is 4.29. The lowest BCUT2D eigenvalue weighted by Crippen LogP contribution is -2.27. The van der Waals surface area contributed by atoms with E-state index in [9.17, 15) is 18.6 Å². The molecule has 0 spiro atoms. The lowest BCUT2D eigenvalue weighted by atomic mass is 10.0. The molecular weight excluding hydrogens is 384 g/mol. The van der Waals surface area contributed by atoms with Crippen molar-refractivity contribution in [3.63, 3.8) is 0 Å². The largest absolute Gasteiger partial charge is 0.591 e. The lowest BCUT2D eigenvalue weighted by Gasteiger charge is -2.20. The molecule has 0 radical (unpaired) electrons. The Hall–Kier alpha value is -2.50. The number of halogens is 2. The third kappa shape index (κ3) is 6.01. The third-order valence-electron chi connectivity index (χ3n) is 3.58. The molecule has 28 heavy (non-hydrogen) atoms. The first-order chi connectivity index (χ1) is 13.2. The van der Waals surface area contributed by atoms with E-state index in [4.69, 9.17) is 4.74 Å². The first-order valence-corrected chi connectivity index (χ1v) is 9.70. The molecule has 0 N–H and O–H groups in total. The fourth-order valence-corrected chi connectivity index (χ4v) is 2.81. The van der Waals surface area contributed by atoms with E-state index in [0.717, 1.165) is 0 Å². The Morgan fingerprint density at radius 3 is 2.71 bits per heavy atom. The Morgan fingerprint density at radius 1 is 1.32 bits per heavy atom. The summed E-state index contributed by atoms with van der Waals surface area (Å²) in [6.45, 7) is 5.26. The summed E-state index contributed by atoms with van der Waals surface area (Å²) in [4.78, 5) is 4.05. The summed E-state index contributed by atoms with van der Waals surface area (Å²) in [6.07, 6.45) is -1.33. The number of benzene rings is 1. The fraction of sp³-hybridized carbons (Fsp3) is 0.350. The molecule has 0 amide bonds. The normalized spacial score (nSPS) is 13.3. The van der Waals surface area contributed by atoms with Crippen molar-refractivity contribution in [3.05, 3.63) is 59.4 Å². The third-order valence-corrected chi connectivity index (χ3v) is 4.98. The number of pyridine rings is 1. The van der Waals surface area contributed by atoms with E-state index < -0.39 is 22.5 Å². The monoisotopic (exact) mass is 405 g/mol. The summed E-state index contributed by atoms with van der Waals surface area (Å²) in [5, 5.41) is 9.39. The number of nitriles is 1. The highest BCUT2D eigenvalue weighted by Gasteiger charge is 2.28. The number of hydrogen-bond acceptors (Lipinski definition) is 5. The molecule has 1 aromatic heterocycles. The number of ether oxygens (including phenoxy) is 1. The maximum Gasteiger partial charge on any atom is 0.241 e. The molecule has 0 aliphatic heterocycles. The van der Waals surface area contributed by atoms with E-state index in [1.54, 1.807) is 57.2 Å². The molecule has 1 atom stereocenters. The van der Waals surface area contributed by atoms with Crippen molar-refractivity contribution in [2.45, 2.75) is 38.4 Å². The van der Waals surface area contributed by atoms with Gasteiger partial charge in [0.2, 0.25) is 6.43 Å². The number of rotatable bonds is 7. The summed E-state index contributed by atoms with van der Waals surface area (Å²) < 4.78 is 46.5. The van der Waals surface area contributed by atoms with Crippen LogP contribution in [-0.4, -0.2) is 33.0 Å². The maximum absolute atomic E-state index is 12.7. The van der Waals surface area contributed by atoms with Gasteiger partial charge >= 0.3 is 0 Å². The average Bonchev–Trinajstić information content (AvgIpc) is 2.65. The van der Waals surface area contributed by atoms with Crippen molar-refractivity contribution in [2.24, 2.45) is 4.40 Å². The van der Waals surface area contributed by atoms with E-state index in [2.05, 4.69) is 9.38 Å². The molecule has 1 aromatic carbocycles. The molecule has 5 nitrogen and oxygen atoms in total. The fourth-order valence-electron chi connectivity index (χ4n) is 2.16. The summed E-state index contributed by atoms with van der Waals surface area (Å²) in [5.74, 6) is 0.384. The lowest BCUT2D eigenvalue weighted by molar-refractivity contribution is 0.114. The van der Waals surface area contributed by atoms with Crippen LogP contribution in [0.25, 0.3) is 0 Å². The van der Waals surface area contributed by atoms with Crippen LogP contribution < -0.4 is 4.74 Å². The molecule has 0 bridgehead atoms. The van der Waals surface area contributed by atoms with Crippen molar-refractivity contribution in [2.75, 3.05) is 6.61 Å². The zero-order valence-corrected chi connectivity index (χ0v) is 16.7. The molecule has 1 unspecified atom stereocenters. The van der Waals surface area contributed by atoms with Crippen molar-refractivity contribution in [1.29, 1.82) is 5.26 Å². The molecule has 148 valence electrons. The van der Waals surface area contributed by atoms with Gasteiger partial charge in [-0.25, -0.2) is 13.8 Å². The number of nitrogens with zero attached hydrogens (tertiary/aromatic N) is 3. The second-order valence-electron chi connectivity index (χ2n) is 6.87. The van der Waals surface area contributed by atoms with Crippen LogP contribution in [0.3, 0.4) is 0 Å². The van der Waals surface area contributed by atoms with Crippen LogP contribution in [0.1, 0.15) is 44.0 Å². The van der Waals surface area contributed by atoms with E-state index in [1.807, 2.05) is 6.07 Å². The zero-order chi connectivity index (χ0) is 20.7. The quantitative estimate of drug-likeness (QED) is 0.508. The molecule has 8 heteroatoms. The highest BCUT2D eigenvalue weighted by Crippen LogP contribution is 2.24. The zero-order valence-electron chi connectivity index (χ0n) is 15.9. The van der Waals surface area contributed by atoms with Crippen molar-refractivity contribution < 1.29 is 18.1 Å². The van der Waals surface area contributed by atoms with Crippen LogP contribution in [0.15, 0.2) is 47.0 Å². The Morgan fingerprint density at radius 2 is 2.07 bits per heavy atom. The Labute approximate surface area is 166 Å². The Bertz CT molecular complexity index is 876. The van der Waals surface area contributed by atoms with E-state index in [0.29, 0.717) is 22.6 Å². The van der Waals surface area contributed by atoms with Gasteiger partial charge in [-0.1, -0.05) is 16.5 Å². The highest BCUT2D eigenvalue weighted by molar-refractivity contribution is 7.91. The second-order valence-corrected chi connectivity index (χ2v) is 8.77. The van der Waals surface area contributed by atoms with Gasteiger partial charge in [0, 0.05) is 23.7 Å². The Balaban J connectivity index is 2.48. The van der Waals surface area contributed by atoms with Crippen molar-refractivity contribution in [3.8, 4) is 11.8 Å². The number of aromatic nitrogens is 1. The van der Waals surface area contributed by atoms with Gasteiger partial charge in [-0.3, -0.25) is 0 Å². The minimum Gasteiger partial charge on any atom is -0.591 e. The first kappa shape index (κ1) is 21.8. The van der Waals surface area contributed by atoms with Crippen LogP contribution in [0.4, 0.5) is 8.78 Å². The van der Waals surface area contributed by atoms with Gasteiger partial charge in [-0.15, -0.1) is 0 Å². The maximum atomic E-state index is 12.7. The van der Waals surface area contributed by atoms with Gasteiger partial charge in [0.15, 0.2) is 0 Å². The molecule has 1 heterocycles. The van der Waals surface area contributed by atoms with Crippen LogP contribution in [0, 0.1) is 11.3 Å². The van der Waals surface area contributed by atoms with Crippen LogP contribution in [0.5, 0.6) is 5.75 Å². The number of hydrogen-bond donors (Lipinski definition) is 0. The molecular formula is C20H21F2N3O2S. The SMILES string of the molecule is CC(C)(C)[S+]([O-])/N=C(/c1cccc(OCCC(F)F)c1)c1cccnc1C#N. The molecule has 2 rings (SSSR count). The predicted molar refractivity (Wildman–Crippen MR) is 105 cm³/mol. The van der Waals surface area contributed by atoms with Crippen LogP contribution in [-0.2, 0) is 11.4 Å². The summed E-state index contributed by atoms with van der Waals surface area (Å²) in [6, 6.07) is 12.0. The second kappa shape index (κ2) is 9.62. The van der Waals surface area contributed by atoms with Gasteiger partial charge in [0.05, 0.1) is 6.61 Å². The van der Waals surface area contributed by atoms with Crippen molar-refractivity contribution >= 4 is 17.1 Å². The van der Waals surface area contributed by atoms with Crippen molar-refractivity contribution in [1.82, 2.24) is 4.98 Å². The van der Waals surface area contributed by atoms with Crippen LogP contribution in [0.2, 0.25) is 0 Å².